The Morgan fingerprint density at radius 1 is 1.60 bits per heavy atom. The second-order valence-electron chi connectivity index (χ2n) is 4.46. The lowest BCUT2D eigenvalue weighted by Gasteiger charge is -2.46. The van der Waals surface area contributed by atoms with Crippen molar-refractivity contribution in [3.05, 3.63) is 0 Å². The minimum atomic E-state index is -0.0563. The van der Waals surface area contributed by atoms with E-state index in [9.17, 15) is 0 Å². The molecule has 0 aromatic heterocycles. The zero-order chi connectivity index (χ0) is 11.3. The lowest BCUT2D eigenvalue weighted by molar-refractivity contribution is -0.0768. The number of hydrogen-bond donors (Lipinski definition) is 1. The minimum Gasteiger partial charge on any atom is -0.380 e. The van der Waals surface area contributed by atoms with E-state index in [1.807, 2.05) is 6.92 Å². The number of ether oxygens (including phenoxy) is 2. The molecular formula is C11H24N2O2. The van der Waals surface area contributed by atoms with Crippen molar-refractivity contribution >= 4 is 0 Å². The lowest BCUT2D eigenvalue weighted by atomic mass is 9.98. The first-order valence-corrected chi connectivity index (χ1v) is 5.76. The van der Waals surface area contributed by atoms with Gasteiger partial charge < -0.3 is 15.2 Å². The zero-order valence-corrected chi connectivity index (χ0v) is 10.2. The molecule has 1 fully saturated rings. The number of nitrogens with two attached hydrogens (primary N) is 1. The summed E-state index contributed by atoms with van der Waals surface area (Å²) >= 11 is 0. The first-order valence-electron chi connectivity index (χ1n) is 5.76. The van der Waals surface area contributed by atoms with Gasteiger partial charge in [-0.05, 0) is 20.8 Å². The van der Waals surface area contributed by atoms with E-state index in [-0.39, 0.29) is 5.54 Å². The minimum absolute atomic E-state index is 0.0563. The van der Waals surface area contributed by atoms with E-state index >= 15 is 0 Å². The fourth-order valence-corrected chi connectivity index (χ4v) is 2.11. The van der Waals surface area contributed by atoms with Crippen LogP contribution in [0.15, 0.2) is 0 Å². The van der Waals surface area contributed by atoms with Gasteiger partial charge in [0.05, 0.1) is 25.4 Å². The summed E-state index contributed by atoms with van der Waals surface area (Å²) < 4.78 is 11.0. The van der Waals surface area contributed by atoms with Crippen molar-refractivity contribution in [1.29, 1.82) is 0 Å². The Morgan fingerprint density at radius 2 is 2.33 bits per heavy atom. The Morgan fingerprint density at radius 3 is 2.87 bits per heavy atom. The maximum Gasteiger partial charge on any atom is 0.0660 e. The smallest absolute Gasteiger partial charge is 0.0660 e. The van der Waals surface area contributed by atoms with Gasteiger partial charge in [0.1, 0.15) is 0 Å². The SMILES string of the molecule is CCOCC(C)(CN)N1CCOCC1C. The van der Waals surface area contributed by atoms with Crippen molar-refractivity contribution in [2.24, 2.45) is 5.73 Å². The van der Waals surface area contributed by atoms with Gasteiger partial charge in [0.25, 0.3) is 0 Å². The molecule has 1 heterocycles. The highest BCUT2D eigenvalue weighted by molar-refractivity contribution is 4.91. The van der Waals surface area contributed by atoms with Crippen molar-refractivity contribution in [2.45, 2.75) is 32.4 Å². The summed E-state index contributed by atoms with van der Waals surface area (Å²) in [5.41, 5.74) is 5.82. The van der Waals surface area contributed by atoms with E-state index in [1.165, 1.54) is 0 Å². The summed E-state index contributed by atoms with van der Waals surface area (Å²) in [5, 5.41) is 0. The molecule has 1 rings (SSSR count). The van der Waals surface area contributed by atoms with Crippen molar-refractivity contribution in [3.8, 4) is 0 Å². The maximum atomic E-state index is 5.88. The standard InChI is InChI=1S/C11H24N2O2/c1-4-14-9-11(3,8-12)13-5-6-15-7-10(13)2/h10H,4-9,12H2,1-3H3. The largest absolute Gasteiger partial charge is 0.380 e. The summed E-state index contributed by atoms with van der Waals surface area (Å²) in [6, 6.07) is 0.424. The van der Waals surface area contributed by atoms with E-state index in [4.69, 9.17) is 15.2 Å². The second kappa shape index (κ2) is 5.80. The van der Waals surface area contributed by atoms with Crippen LogP contribution >= 0.6 is 0 Å². The van der Waals surface area contributed by atoms with Gasteiger partial charge in [-0.3, -0.25) is 4.90 Å². The predicted octanol–water partition coefficient (Wildman–Crippen LogP) is 0.461. The van der Waals surface area contributed by atoms with Crippen LogP contribution < -0.4 is 5.73 Å². The van der Waals surface area contributed by atoms with Gasteiger partial charge in [0, 0.05) is 25.7 Å². The van der Waals surface area contributed by atoms with Crippen molar-refractivity contribution in [2.75, 3.05) is 39.5 Å². The van der Waals surface area contributed by atoms with E-state index in [0.717, 1.165) is 26.4 Å². The van der Waals surface area contributed by atoms with Crippen LogP contribution in [0.4, 0.5) is 0 Å². The Hall–Kier alpha value is -0.160. The number of hydrogen-bond acceptors (Lipinski definition) is 4. The molecule has 0 bridgehead atoms. The molecule has 2 atom stereocenters. The van der Waals surface area contributed by atoms with Gasteiger partial charge in [0.2, 0.25) is 0 Å². The summed E-state index contributed by atoms with van der Waals surface area (Å²) in [7, 11) is 0. The molecule has 2 unspecified atom stereocenters. The van der Waals surface area contributed by atoms with Crippen molar-refractivity contribution in [3.63, 3.8) is 0 Å². The molecule has 15 heavy (non-hydrogen) atoms. The number of nitrogens with zero attached hydrogens (tertiary/aromatic N) is 1. The molecule has 2 N–H and O–H groups in total. The fourth-order valence-electron chi connectivity index (χ4n) is 2.11. The Bertz CT molecular complexity index is 189. The van der Waals surface area contributed by atoms with E-state index in [0.29, 0.717) is 19.2 Å². The molecule has 0 aromatic rings. The lowest BCUT2D eigenvalue weighted by Crippen LogP contribution is -2.61. The zero-order valence-electron chi connectivity index (χ0n) is 10.2. The van der Waals surface area contributed by atoms with Crippen molar-refractivity contribution in [1.82, 2.24) is 4.90 Å². The van der Waals surface area contributed by atoms with Crippen LogP contribution in [-0.2, 0) is 9.47 Å². The molecule has 90 valence electrons. The second-order valence-corrected chi connectivity index (χ2v) is 4.46. The first kappa shape index (κ1) is 12.9. The van der Waals surface area contributed by atoms with Gasteiger partial charge in [-0.1, -0.05) is 0 Å². The molecular weight excluding hydrogens is 192 g/mol. The quantitative estimate of drug-likeness (QED) is 0.725. The number of rotatable bonds is 5. The van der Waals surface area contributed by atoms with E-state index < -0.39 is 0 Å². The number of morpholine rings is 1. The Labute approximate surface area is 92.7 Å². The average Bonchev–Trinajstić information content (AvgIpc) is 2.26. The highest BCUT2D eigenvalue weighted by Gasteiger charge is 2.35. The van der Waals surface area contributed by atoms with Crippen LogP contribution in [0, 0.1) is 0 Å². The average molecular weight is 216 g/mol. The highest BCUT2D eigenvalue weighted by atomic mass is 16.5. The molecule has 4 heteroatoms. The molecule has 1 aliphatic heterocycles. The monoisotopic (exact) mass is 216 g/mol. The Kier molecular flexibility index (Phi) is 4.99. The van der Waals surface area contributed by atoms with Crippen LogP contribution in [-0.4, -0.2) is 56.0 Å². The molecule has 0 aliphatic carbocycles. The van der Waals surface area contributed by atoms with E-state index in [1.54, 1.807) is 0 Å². The molecule has 0 aromatic carbocycles. The maximum absolute atomic E-state index is 5.88. The third-order valence-electron chi connectivity index (χ3n) is 3.12. The first-order chi connectivity index (χ1) is 7.14. The van der Waals surface area contributed by atoms with Gasteiger partial charge in [-0.25, -0.2) is 0 Å². The molecule has 1 aliphatic rings. The van der Waals surface area contributed by atoms with Gasteiger partial charge >= 0.3 is 0 Å². The normalized spacial score (nSPS) is 27.6. The van der Waals surface area contributed by atoms with Crippen LogP contribution in [0.25, 0.3) is 0 Å². The fraction of sp³-hybridized carbons (Fsp3) is 1.00. The molecule has 0 saturated carbocycles. The van der Waals surface area contributed by atoms with Crippen LogP contribution in [0.1, 0.15) is 20.8 Å². The molecule has 0 radical (unpaired) electrons. The van der Waals surface area contributed by atoms with Gasteiger partial charge in [-0.15, -0.1) is 0 Å². The summed E-state index contributed by atoms with van der Waals surface area (Å²) in [6.45, 7) is 11.0. The third-order valence-corrected chi connectivity index (χ3v) is 3.12. The third kappa shape index (κ3) is 3.14. The molecule has 1 saturated heterocycles. The predicted molar refractivity (Wildman–Crippen MR) is 60.9 cm³/mol. The topological polar surface area (TPSA) is 47.7 Å². The van der Waals surface area contributed by atoms with Crippen LogP contribution in [0.3, 0.4) is 0 Å². The van der Waals surface area contributed by atoms with Crippen LogP contribution in [0.5, 0.6) is 0 Å². The van der Waals surface area contributed by atoms with Crippen LogP contribution in [0.2, 0.25) is 0 Å². The van der Waals surface area contributed by atoms with Gasteiger partial charge in [0.15, 0.2) is 0 Å². The van der Waals surface area contributed by atoms with Crippen molar-refractivity contribution < 1.29 is 9.47 Å². The molecule has 0 amide bonds. The molecule has 4 nitrogen and oxygen atoms in total. The highest BCUT2D eigenvalue weighted by Crippen LogP contribution is 2.20. The molecule has 0 spiro atoms. The summed E-state index contributed by atoms with van der Waals surface area (Å²) in [5.74, 6) is 0. The Balaban J connectivity index is 2.61. The van der Waals surface area contributed by atoms with Gasteiger partial charge in [-0.2, -0.15) is 0 Å². The van der Waals surface area contributed by atoms with E-state index in [2.05, 4.69) is 18.7 Å². The summed E-state index contributed by atoms with van der Waals surface area (Å²) in [4.78, 5) is 2.41. The summed E-state index contributed by atoms with van der Waals surface area (Å²) in [6.07, 6.45) is 0.